The number of carbonyl (C=O) groups excluding carboxylic acids is 1. The molecule has 0 saturated carbocycles. The van der Waals surface area contributed by atoms with E-state index in [0.717, 1.165) is 0 Å². The van der Waals surface area contributed by atoms with Crippen LogP contribution in [0.1, 0.15) is 13.3 Å². The Morgan fingerprint density at radius 1 is 1.19 bits per heavy atom. The van der Waals surface area contributed by atoms with Crippen molar-refractivity contribution in [2.45, 2.75) is 23.8 Å². The summed E-state index contributed by atoms with van der Waals surface area (Å²) in [6.45, 7) is 2.76. The third kappa shape index (κ3) is 3.30. The molecule has 0 aliphatic carbocycles. The number of benzene rings is 2. The number of cyclic esters (lactones) is 1. The largest absolute Gasteiger partial charge is 0.492 e. The summed E-state index contributed by atoms with van der Waals surface area (Å²) >= 11 is 1.26. The van der Waals surface area contributed by atoms with Gasteiger partial charge in [0.1, 0.15) is 11.0 Å². The van der Waals surface area contributed by atoms with Crippen molar-refractivity contribution >= 4 is 28.6 Å². The first-order valence-electron chi connectivity index (χ1n) is 8.76. The van der Waals surface area contributed by atoms with E-state index in [1.165, 1.54) is 16.3 Å². The van der Waals surface area contributed by atoms with Gasteiger partial charge in [0.05, 0.1) is 29.8 Å². The average Bonchev–Trinajstić information content (AvgIpc) is 3.08. The zero-order valence-corrected chi connectivity index (χ0v) is 15.6. The second-order valence-electron chi connectivity index (χ2n) is 6.02. The number of esters is 1. The molecule has 0 spiro atoms. The quantitative estimate of drug-likeness (QED) is 0.499. The Balaban J connectivity index is 1.94. The molecule has 138 valence electrons. The predicted molar refractivity (Wildman–Crippen MR) is 104 cm³/mol. The Kier molecular flexibility index (Phi) is 4.85. The number of hydrogen-bond donors (Lipinski definition) is 0. The van der Waals surface area contributed by atoms with Gasteiger partial charge in [-0.2, -0.15) is 0 Å². The highest BCUT2D eigenvalue weighted by atomic mass is 32.2. The molecule has 0 amide bonds. The minimum atomic E-state index is -0.372. The first-order chi connectivity index (χ1) is 13.2. The normalized spacial score (nSPS) is 16.5. The molecule has 3 aromatic rings. The topological polar surface area (TPSA) is 70.4 Å². The second-order valence-corrected chi connectivity index (χ2v) is 7.19. The number of ether oxygens (including phenoxy) is 2. The molecular formula is C20H18N2O4S. The van der Waals surface area contributed by atoms with E-state index < -0.39 is 0 Å². The average molecular weight is 382 g/mol. The third-order valence-electron chi connectivity index (χ3n) is 4.29. The Morgan fingerprint density at radius 3 is 2.74 bits per heavy atom. The monoisotopic (exact) mass is 382 g/mol. The van der Waals surface area contributed by atoms with Crippen molar-refractivity contribution in [3.8, 4) is 11.4 Å². The number of rotatable bonds is 5. The van der Waals surface area contributed by atoms with Crippen LogP contribution in [0.5, 0.6) is 5.75 Å². The van der Waals surface area contributed by atoms with E-state index in [0.29, 0.717) is 47.1 Å². The number of carbonyl (C=O) groups is 1. The third-order valence-corrected chi connectivity index (χ3v) is 5.48. The Bertz CT molecular complexity index is 1060. The molecule has 0 unspecified atom stereocenters. The number of nitrogens with zero attached hydrogens (tertiary/aromatic N) is 2. The fourth-order valence-corrected chi connectivity index (χ4v) is 4.11. The molecule has 1 aliphatic rings. The van der Waals surface area contributed by atoms with Gasteiger partial charge in [-0.15, -0.1) is 0 Å². The molecule has 27 heavy (non-hydrogen) atoms. The minimum Gasteiger partial charge on any atom is -0.492 e. The number of aromatic nitrogens is 2. The smallest absolute Gasteiger partial charge is 0.319 e. The lowest BCUT2D eigenvalue weighted by Crippen LogP contribution is -2.24. The van der Waals surface area contributed by atoms with Gasteiger partial charge in [-0.25, -0.2) is 4.98 Å². The maximum absolute atomic E-state index is 13.3. The Morgan fingerprint density at radius 2 is 1.96 bits per heavy atom. The van der Waals surface area contributed by atoms with Crippen LogP contribution in [-0.2, 0) is 9.53 Å². The van der Waals surface area contributed by atoms with E-state index in [1.54, 1.807) is 12.1 Å². The van der Waals surface area contributed by atoms with Gasteiger partial charge >= 0.3 is 5.97 Å². The predicted octanol–water partition coefficient (Wildman–Crippen LogP) is 3.19. The van der Waals surface area contributed by atoms with Gasteiger partial charge < -0.3 is 9.47 Å². The second kappa shape index (κ2) is 7.44. The molecule has 0 bridgehead atoms. The molecule has 2 heterocycles. The molecule has 1 fully saturated rings. The van der Waals surface area contributed by atoms with Gasteiger partial charge in [0.25, 0.3) is 5.56 Å². The van der Waals surface area contributed by atoms with Gasteiger partial charge in [-0.3, -0.25) is 14.2 Å². The Labute approximate surface area is 160 Å². The van der Waals surface area contributed by atoms with Crippen molar-refractivity contribution in [3.05, 3.63) is 58.9 Å². The van der Waals surface area contributed by atoms with E-state index in [-0.39, 0.29) is 16.8 Å². The van der Waals surface area contributed by atoms with Crippen LogP contribution in [0.4, 0.5) is 0 Å². The molecule has 6 nitrogen and oxygen atoms in total. The van der Waals surface area contributed by atoms with Crippen LogP contribution < -0.4 is 10.3 Å². The molecule has 0 radical (unpaired) electrons. The van der Waals surface area contributed by atoms with E-state index in [2.05, 4.69) is 4.98 Å². The van der Waals surface area contributed by atoms with Crippen LogP contribution >= 0.6 is 11.8 Å². The summed E-state index contributed by atoms with van der Waals surface area (Å²) < 4.78 is 12.3. The fourth-order valence-electron chi connectivity index (χ4n) is 3.03. The van der Waals surface area contributed by atoms with Gasteiger partial charge in [0, 0.05) is 6.42 Å². The van der Waals surface area contributed by atoms with Crippen LogP contribution in [0.3, 0.4) is 0 Å². The van der Waals surface area contributed by atoms with Gasteiger partial charge in [0.15, 0.2) is 5.16 Å². The number of fused-ring (bicyclic) bond motifs is 1. The van der Waals surface area contributed by atoms with Crippen molar-refractivity contribution in [1.29, 1.82) is 0 Å². The van der Waals surface area contributed by atoms with Gasteiger partial charge in [0.2, 0.25) is 0 Å². The van der Waals surface area contributed by atoms with E-state index in [9.17, 15) is 9.59 Å². The summed E-state index contributed by atoms with van der Waals surface area (Å²) in [5, 5.41) is 0.598. The van der Waals surface area contributed by atoms with Gasteiger partial charge in [-0.05, 0) is 31.2 Å². The van der Waals surface area contributed by atoms with Crippen molar-refractivity contribution in [1.82, 2.24) is 9.55 Å². The lowest BCUT2D eigenvalue weighted by atomic mass is 10.2. The molecule has 4 rings (SSSR count). The highest BCUT2D eigenvalue weighted by molar-refractivity contribution is 8.00. The first-order valence-corrected chi connectivity index (χ1v) is 9.64. The lowest BCUT2D eigenvalue weighted by molar-refractivity contribution is -0.137. The minimum absolute atomic E-state index is 0.193. The zero-order valence-electron chi connectivity index (χ0n) is 14.8. The van der Waals surface area contributed by atoms with E-state index >= 15 is 0 Å². The maximum Gasteiger partial charge on any atom is 0.319 e. The summed E-state index contributed by atoms with van der Waals surface area (Å²) in [5.74, 6) is 0.321. The number of thioether (sulfide) groups is 1. The van der Waals surface area contributed by atoms with Crippen LogP contribution in [0.2, 0.25) is 0 Å². The summed E-state index contributed by atoms with van der Waals surface area (Å²) in [4.78, 5) is 29.9. The molecule has 2 aromatic carbocycles. The summed E-state index contributed by atoms with van der Waals surface area (Å²) in [7, 11) is 0. The molecular weight excluding hydrogens is 364 g/mol. The van der Waals surface area contributed by atoms with Crippen molar-refractivity contribution in [2.24, 2.45) is 0 Å². The van der Waals surface area contributed by atoms with E-state index in [1.807, 2.05) is 43.3 Å². The van der Waals surface area contributed by atoms with Crippen LogP contribution in [-0.4, -0.2) is 34.0 Å². The van der Waals surface area contributed by atoms with Crippen LogP contribution in [0.15, 0.2) is 58.5 Å². The SMILES string of the molecule is CCOc1ccccc1-n1c(S[C@@H]2CCOC2=O)nc2ccccc2c1=O. The summed E-state index contributed by atoms with van der Waals surface area (Å²) in [6.07, 6.45) is 0.597. The van der Waals surface area contributed by atoms with Crippen molar-refractivity contribution in [3.63, 3.8) is 0 Å². The summed E-state index contributed by atoms with van der Waals surface area (Å²) in [5.41, 5.74) is 1.01. The highest BCUT2D eigenvalue weighted by Crippen LogP contribution is 2.32. The summed E-state index contributed by atoms with van der Waals surface area (Å²) in [6, 6.07) is 14.5. The Hall–Kier alpha value is -2.80. The highest BCUT2D eigenvalue weighted by Gasteiger charge is 2.30. The van der Waals surface area contributed by atoms with Crippen molar-refractivity contribution < 1.29 is 14.3 Å². The molecule has 1 saturated heterocycles. The molecule has 1 aromatic heterocycles. The standard InChI is InChI=1S/C20H18N2O4S/c1-2-25-16-10-6-5-9-15(16)22-18(23)13-7-3-4-8-14(13)21-20(22)27-17-11-12-26-19(17)24/h3-10,17H,2,11-12H2,1H3/t17-/m1/s1. The lowest BCUT2D eigenvalue weighted by Gasteiger charge is -2.17. The number of hydrogen-bond acceptors (Lipinski definition) is 6. The zero-order chi connectivity index (χ0) is 18.8. The molecule has 7 heteroatoms. The molecule has 1 atom stereocenters. The van der Waals surface area contributed by atoms with Crippen molar-refractivity contribution in [2.75, 3.05) is 13.2 Å². The molecule has 1 aliphatic heterocycles. The number of para-hydroxylation sites is 3. The fraction of sp³-hybridized carbons (Fsp3) is 0.250. The van der Waals surface area contributed by atoms with Gasteiger partial charge in [-0.1, -0.05) is 36.0 Å². The maximum atomic E-state index is 13.3. The molecule has 0 N–H and O–H groups in total. The van der Waals surface area contributed by atoms with Crippen LogP contribution in [0.25, 0.3) is 16.6 Å². The van der Waals surface area contributed by atoms with E-state index in [4.69, 9.17) is 9.47 Å². The van der Waals surface area contributed by atoms with Crippen LogP contribution in [0, 0.1) is 0 Å². The first kappa shape index (κ1) is 17.6.